The van der Waals surface area contributed by atoms with E-state index in [1.807, 2.05) is 0 Å². The lowest BCUT2D eigenvalue weighted by Gasteiger charge is -2.15. The van der Waals surface area contributed by atoms with Gasteiger partial charge >= 0.3 is 12.1 Å². The summed E-state index contributed by atoms with van der Waals surface area (Å²) in [4.78, 5) is 23.3. The average molecular weight is 343 g/mol. The van der Waals surface area contributed by atoms with Crippen LogP contribution in [0.15, 0.2) is 30.3 Å². The van der Waals surface area contributed by atoms with Gasteiger partial charge in [-0.3, -0.25) is 4.79 Å². The van der Waals surface area contributed by atoms with Crippen molar-refractivity contribution in [2.45, 2.75) is 25.2 Å². The van der Waals surface area contributed by atoms with E-state index in [0.717, 1.165) is 4.80 Å². The van der Waals surface area contributed by atoms with Crippen LogP contribution in [0.25, 0.3) is 11.4 Å². The number of carboxylic acids is 1. The number of aliphatic carboxylic acids is 1. The van der Waals surface area contributed by atoms with Gasteiger partial charge in [0.1, 0.15) is 12.6 Å². The average Bonchev–Trinajstić information content (AvgIpc) is 2.94. The van der Waals surface area contributed by atoms with E-state index in [2.05, 4.69) is 15.4 Å². The molecule has 1 atom stereocenters. The zero-order chi connectivity index (χ0) is 17.7. The highest BCUT2D eigenvalue weighted by Crippen LogP contribution is 2.21. The smallest absolute Gasteiger partial charge is 0.391 e. The number of nitrogens with zero attached hydrogens (tertiary/aromatic N) is 4. The zero-order valence-electron chi connectivity index (χ0n) is 12.1. The fraction of sp³-hybridized carbons (Fsp3) is 0.308. The predicted molar refractivity (Wildman–Crippen MR) is 73.5 cm³/mol. The van der Waals surface area contributed by atoms with Crippen LogP contribution in [-0.2, 0) is 16.1 Å². The molecular formula is C13H12F3N5O3. The molecule has 8 nitrogen and oxygen atoms in total. The van der Waals surface area contributed by atoms with E-state index in [9.17, 15) is 22.8 Å². The summed E-state index contributed by atoms with van der Waals surface area (Å²) in [5.41, 5.74) is 0.643. The molecule has 1 amide bonds. The number of amides is 1. The maximum atomic E-state index is 12.3. The van der Waals surface area contributed by atoms with Gasteiger partial charge in [0.25, 0.3) is 0 Å². The Balaban J connectivity index is 1.99. The van der Waals surface area contributed by atoms with Gasteiger partial charge in [0, 0.05) is 5.56 Å². The van der Waals surface area contributed by atoms with Crippen LogP contribution in [0.1, 0.15) is 6.42 Å². The van der Waals surface area contributed by atoms with Gasteiger partial charge in [0.05, 0.1) is 6.42 Å². The first-order valence-electron chi connectivity index (χ1n) is 6.67. The minimum Gasteiger partial charge on any atom is -0.480 e. The number of rotatable bonds is 6. The number of aromatic nitrogens is 4. The Morgan fingerprint density at radius 2 is 1.92 bits per heavy atom. The zero-order valence-corrected chi connectivity index (χ0v) is 12.1. The van der Waals surface area contributed by atoms with Crippen molar-refractivity contribution in [3.63, 3.8) is 0 Å². The summed E-state index contributed by atoms with van der Waals surface area (Å²) in [5, 5.41) is 21.8. The molecule has 128 valence electrons. The minimum absolute atomic E-state index is 0.230. The monoisotopic (exact) mass is 343 g/mol. The number of alkyl halides is 3. The van der Waals surface area contributed by atoms with Crippen molar-refractivity contribution >= 4 is 11.9 Å². The van der Waals surface area contributed by atoms with Crippen molar-refractivity contribution in [1.29, 1.82) is 0 Å². The minimum atomic E-state index is -4.72. The quantitative estimate of drug-likeness (QED) is 0.805. The van der Waals surface area contributed by atoms with Crippen LogP contribution < -0.4 is 5.32 Å². The van der Waals surface area contributed by atoms with Crippen LogP contribution in [0.2, 0.25) is 0 Å². The van der Waals surface area contributed by atoms with E-state index in [0.29, 0.717) is 5.56 Å². The van der Waals surface area contributed by atoms with Crippen molar-refractivity contribution in [2.75, 3.05) is 0 Å². The highest BCUT2D eigenvalue weighted by atomic mass is 19.4. The van der Waals surface area contributed by atoms with Crippen LogP contribution in [0.4, 0.5) is 13.2 Å². The topological polar surface area (TPSA) is 110 Å². The second-order valence-corrected chi connectivity index (χ2v) is 4.79. The van der Waals surface area contributed by atoms with Gasteiger partial charge in [-0.05, 0) is 5.21 Å². The molecule has 0 aliphatic carbocycles. The van der Waals surface area contributed by atoms with Gasteiger partial charge in [-0.25, -0.2) is 4.79 Å². The second-order valence-electron chi connectivity index (χ2n) is 4.79. The number of hydrogen-bond acceptors (Lipinski definition) is 5. The Morgan fingerprint density at radius 1 is 1.25 bits per heavy atom. The molecule has 24 heavy (non-hydrogen) atoms. The fourth-order valence-corrected chi connectivity index (χ4v) is 1.81. The standard InChI is InChI=1S/C13H12F3N5O3/c14-13(15,16)6-9(12(23)24)17-10(22)7-21-19-11(18-20-21)8-4-2-1-3-5-8/h1-5,9H,6-7H2,(H,17,22)(H,23,24). The summed E-state index contributed by atoms with van der Waals surface area (Å²) in [6.45, 7) is -0.554. The predicted octanol–water partition coefficient (Wildman–Crippen LogP) is 0.862. The number of carboxylic acid groups (broad SMARTS) is 1. The van der Waals surface area contributed by atoms with Crippen LogP contribution in [0.5, 0.6) is 0 Å². The molecule has 0 aliphatic heterocycles. The SMILES string of the molecule is O=C(Cn1nnc(-c2ccccc2)n1)NC(CC(F)(F)F)C(=O)O. The van der Waals surface area contributed by atoms with Gasteiger partial charge in [-0.2, -0.15) is 18.0 Å². The normalized spacial score (nSPS) is 12.6. The molecule has 0 bridgehead atoms. The molecule has 2 rings (SSSR count). The van der Waals surface area contributed by atoms with Crippen LogP contribution in [-0.4, -0.2) is 49.4 Å². The summed E-state index contributed by atoms with van der Waals surface area (Å²) >= 11 is 0. The van der Waals surface area contributed by atoms with Gasteiger partial charge in [0.15, 0.2) is 0 Å². The molecule has 0 aliphatic rings. The Morgan fingerprint density at radius 3 is 2.50 bits per heavy atom. The molecule has 2 aromatic rings. The summed E-state index contributed by atoms with van der Waals surface area (Å²) in [6, 6.07) is 6.63. The molecule has 0 saturated heterocycles. The summed E-state index contributed by atoms with van der Waals surface area (Å²) < 4.78 is 36.8. The molecule has 11 heteroatoms. The first-order chi connectivity index (χ1) is 11.2. The van der Waals surface area contributed by atoms with Crippen molar-refractivity contribution in [1.82, 2.24) is 25.5 Å². The molecule has 1 unspecified atom stereocenters. The Hall–Kier alpha value is -2.98. The van der Waals surface area contributed by atoms with Crippen molar-refractivity contribution in [2.24, 2.45) is 0 Å². The highest BCUT2D eigenvalue weighted by Gasteiger charge is 2.36. The molecule has 0 saturated carbocycles. The number of tetrazole rings is 1. The third-order valence-corrected chi connectivity index (χ3v) is 2.84. The molecule has 0 spiro atoms. The maximum absolute atomic E-state index is 12.3. The van der Waals surface area contributed by atoms with Crippen molar-refractivity contribution in [3.05, 3.63) is 30.3 Å². The number of benzene rings is 1. The van der Waals surface area contributed by atoms with Gasteiger partial charge in [0.2, 0.25) is 11.7 Å². The summed E-state index contributed by atoms with van der Waals surface area (Å²) in [6.07, 6.45) is -6.39. The molecule has 1 heterocycles. The van der Waals surface area contributed by atoms with Crippen LogP contribution >= 0.6 is 0 Å². The molecule has 0 radical (unpaired) electrons. The molecular weight excluding hydrogens is 331 g/mol. The largest absolute Gasteiger partial charge is 0.480 e. The lowest BCUT2D eigenvalue weighted by Crippen LogP contribution is -2.45. The Kier molecular flexibility index (Phi) is 5.11. The lowest BCUT2D eigenvalue weighted by atomic mass is 10.2. The first-order valence-corrected chi connectivity index (χ1v) is 6.67. The third-order valence-electron chi connectivity index (χ3n) is 2.84. The molecule has 2 N–H and O–H groups in total. The van der Waals surface area contributed by atoms with E-state index in [1.54, 1.807) is 35.6 Å². The van der Waals surface area contributed by atoms with E-state index in [4.69, 9.17) is 5.11 Å². The third kappa shape index (κ3) is 5.04. The van der Waals surface area contributed by atoms with Crippen LogP contribution in [0.3, 0.4) is 0 Å². The number of hydrogen-bond donors (Lipinski definition) is 2. The molecule has 1 aromatic heterocycles. The van der Waals surface area contributed by atoms with Gasteiger partial charge < -0.3 is 10.4 Å². The van der Waals surface area contributed by atoms with Gasteiger partial charge in [-0.1, -0.05) is 30.3 Å². The number of carbonyl (C=O) groups is 2. The molecule has 1 aromatic carbocycles. The van der Waals surface area contributed by atoms with E-state index in [1.165, 1.54) is 0 Å². The van der Waals surface area contributed by atoms with Crippen molar-refractivity contribution < 1.29 is 27.9 Å². The summed E-state index contributed by atoms with van der Waals surface area (Å²) in [5.74, 6) is -2.52. The fourth-order valence-electron chi connectivity index (χ4n) is 1.81. The Bertz CT molecular complexity index is 717. The van der Waals surface area contributed by atoms with E-state index < -0.39 is 37.1 Å². The number of nitrogens with one attached hydrogen (secondary N) is 1. The van der Waals surface area contributed by atoms with Crippen LogP contribution in [0, 0.1) is 0 Å². The number of halogens is 3. The lowest BCUT2D eigenvalue weighted by molar-refractivity contribution is -0.160. The maximum Gasteiger partial charge on any atom is 0.391 e. The summed E-state index contributed by atoms with van der Waals surface area (Å²) in [7, 11) is 0. The van der Waals surface area contributed by atoms with E-state index >= 15 is 0 Å². The van der Waals surface area contributed by atoms with Crippen molar-refractivity contribution in [3.8, 4) is 11.4 Å². The Labute approximate surface area is 133 Å². The first kappa shape index (κ1) is 17.4. The highest BCUT2D eigenvalue weighted by molar-refractivity contribution is 5.83. The number of carbonyl (C=O) groups excluding carboxylic acids is 1. The van der Waals surface area contributed by atoms with E-state index in [-0.39, 0.29) is 5.82 Å². The second kappa shape index (κ2) is 7.06. The molecule has 0 fully saturated rings. The van der Waals surface area contributed by atoms with Gasteiger partial charge in [-0.15, -0.1) is 10.2 Å².